The molecule has 0 aliphatic rings. The van der Waals surface area contributed by atoms with Crippen molar-refractivity contribution in [1.82, 2.24) is 10.2 Å². The number of benzene rings is 1. The molecule has 0 aliphatic carbocycles. The zero-order chi connectivity index (χ0) is 16.1. The highest BCUT2D eigenvalue weighted by molar-refractivity contribution is 7.10. The number of amides is 2. The number of halogens is 1. The Kier molecular flexibility index (Phi) is 5.57. The second-order valence-electron chi connectivity index (χ2n) is 4.94. The van der Waals surface area contributed by atoms with Crippen molar-refractivity contribution in [2.45, 2.75) is 13.5 Å². The fourth-order valence-corrected chi connectivity index (χ4v) is 3.08. The summed E-state index contributed by atoms with van der Waals surface area (Å²) in [6.45, 7) is 2.51. The summed E-state index contributed by atoms with van der Waals surface area (Å²) in [5, 5.41) is 4.98. The molecule has 0 spiro atoms. The lowest BCUT2D eigenvalue weighted by Crippen LogP contribution is -2.37. The van der Waals surface area contributed by atoms with Gasteiger partial charge >= 0.3 is 0 Å². The normalized spacial score (nSPS) is 10.3. The van der Waals surface area contributed by atoms with Crippen LogP contribution < -0.4 is 5.32 Å². The Morgan fingerprint density at radius 3 is 2.64 bits per heavy atom. The zero-order valence-electron chi connectivity index (χ0n) is 12.4. The van der Waals surface area contributed by atoms with Gasteiger partial charge in [0.1, 0.15) is 0 Å². The number of carbonyl (C=O) groups is 2. The number of thiophene rings is 1. The molecule has 0 saturated carbocycles. The van der Waals surface area contributed by atoms with Crippen LogP contribution in [0, 0.1) is 6.92 Å². The van der Waals surface area contributed by atoms with Gasteiger partial charge in [0.25, 0.3) is 5.91 Å². The first-order valence-corrected chi connectivity index (χ1v) is 8.04. The Labute approximate surface area is 138 Å². The third kappa shape index (κ3) is 4.08. The van der Waals surface area contributed by atoms with Gasteiger partial charge in [-0.1, -0.05) is 23.7 Å². The maximum absolute atomic E-state index is 12.1. The molecule has 0 unspecified atom stereocenters. The van der Waals surface area contributed by atoms with Crippen LogP contribution in [0.5, 0.6) is 0 Å². The molecule has 1 aromatic heterocycles. The van der Waals surface area contributed by atoms with Crippen LogP contribution in [0.2, 0.25) is 5.02 Å². The number of hydrogen-bond acceptors (Lipinski definition) is 3. The van der Waals surface area contributed by atoms with Crippen molar-refractivity contribution < 1.29 is 9.59 Å². The van der Waals surface area contributed by atoms with Crippen LogP contribution in [0.25, 0.3) is 0 Å². The summed E-state index contributed by atoms with van der Waals surface area (Å²) in [4.78, 5) is 26.8. The molecule has 0 saturated heterocycles. The van der Waals surface area contributed by atoms with Gasteiger partial charge in [-0.3, -0.25) is 9.59 Å². The van der Waals surface area contributed by atoms with Gasteiger partial charge in [0.15, 0.2) is 0 Å². The first-order chi connectivity index (χ1) is 10.5. The molecule has 0 atom stereocenters. The van der Waals surface area contributed by atoms with E-state index in [1.54, 1.807) is 47.5 Å². The van der Waals surface area contributed by atoms with Crippen LogP contribution in [0.4, 0.5) is 0 Å². The number of hydrogen-bond donors (Lipinski definition) is 1. The molecule has 0 radical (unpaired) electrons. The van der Waals surface area contributed by atoms with Gasteiger partial charge in [-0.2, -0.15) is 0 Å². The minimum absolute atomic E-state index is 0.0506. The third-order valence-electron chi connectivity index (χ3n) is 3.29. The molecule has 0 aliphatic heterocycles. The van der Waals surface area contributed by atoms with Crippen molar-refractivity contribution in [3.8, 4) is 0 Å². The maximum Gasteiger partial charge on any atom is 0.253 e. The highest BCUT2D eigenvalue weighted by Crippen LogP contribution is 2.17. The first kappa shape index (κ1) is 16.5. The quantitative estimate of drug-likeness (QED) is 0.912. The molecular weight excluding hydrogens is 320 g/mol. The van der Waals surface area contributed by atoms with Crippen LogP contribution in [0.3, 0.4) is 0 Å². The van der Waals surface area contributed by atoms with Crippen LogP contribution in [-0.2, 0) is 11.3 Å². The van der Waals surface area contributed by atoms with E-state index < -0.39 is 0 Å². The minimum atomic E-state index is -0.348. The van der Waals surface area contributed by atoms with Crippen molar-refractivity contribution >= 4 is 34.8 Å². The smallest absolute Gasteiger partial charge is 0.253 e. The Balaban J connectivity index is 1.88. The topological polar surface area (TPSA) is 49.4 Å². The lowest BCUT2D eigenvalue weighted by molar-refractivity contribution is -0.129. The largest absolute Gasteiger partial charge is 0.343 e. The molecule has 2 rings (SSSR count). The van der Waals surface area contributed by atoms with E-state index in [0.717, 1.165) is 4.88 Å². The summed E-state index contributed by atoms with van der Waals surface area (Å²) in [5.41, 5.74) is 1.54. The van der Waals surface area contributed by atoms with Crippen LogP contribution in [-0.4, -0.2) is 30.3 Å². The van der Waals surface area contributed by atoms with E-state index in [1.807, 2.05) is 18.4 Å². The van der Waals surface area contributed by atoms with Crippen LogP contribution in [0.15, 0.2) is 35.7 Å². The number of nitrogens with zero attached hydrogens (tertiary/aromatic N) is 1. The van der Waals surface area contributed by atoms with Gasteiger partial charge in [0, 0.05) is 11.9 Å². The van der Waals surface area contributed by atoms with Crippen molar-refractivity contribution in [2.24, 2.45) is 0 Å². The predicted molar refractivity (Wildman–Crippen MR) is 89.3 cm³/mol. The summed E-state index contributed by atoms with van der Waals surface area (Å²) in [7, 11) is 1.73. The summed E-state index contributed by atoms with van der Waals surface area (Å²) >= 11 is 7.57. The number of carbonyl (C=O) groups excluding carboxylic acids is 2. The van der Waals surface area contributed by atoms with E-state index in [0.29, 0.717) is 17.1 Å². The number of nitrogens with one attached hydrogen (secondary N) is 1. The molecule has 2 amide bonds. The number of aryl methyl sites for hydroxylation is 1. The van der Waals surface area contributed by atoms with E-state index in [9.17, 15) is 9.59 Å². The van der Waals surface area contributed by atoms with E-state index in [-0.39, 0.29) is 18.4 Å². The molecule has 1 aromatic carbocycles. The van der Waals surface area contributed by atoms with Gasteiger partial charge in [0.05, 0.1) is 23.7 Å². The van der Waals surface area contributed by atoms with E-state index in [2.05, 4.69) is 5.32 Å². The number of rotatable bonds is 5. The van der Waals surface area contributed by atoms with Crippen molar-refractivity contribution in [1.29, 1.82) is 0 Å². The van der Waals surface area contributed by atoms with Gasteiger partial charge < -0.3 is 10.2 Å². The molecule has 1 heterocycles. The summed E-state index contributed by atoms with van der Waals surface area (Å²) in [6.07, 6.45) is 0. The molecule has 2 aromatic rings. The fraction of sp³-hybridized carbons (Fsp3) is 0.250. The van der Waals surface area contributed by atoms with Gasteiger partial charge in [-0.25, -0.2) is 0 Å². The minimum Gasteiger partial charge on any atom is -0.343 e. The standard InChI is InChI=1S/C16H17ClN2O2S/c1-11-7-8-22-14(11)10-19(2)15(20)9-18-16(21)12-5-3-4-6-13(12)17/h3-8H,9-10H2,1-2H3,(H,18,21). The van der Waals surface area contributed by atoms with Gasteiger partial charge in [0.2, 0.25) is 5.91 Å². The van der Waals surface area contributed by atoms with Crippen LogP contribution in [0.1, 0.15) is 20.8 Å². The predicted octanol–water partition coefficient (Wildman–Crippen LogP) is 3.10. The summed E-state index contributed by atoms with van der Waals surface area (Å²) < 4.78 is 0. The summed E-state index contributed by atoms with van der Waals surface area (Å²) in [6, 6.07) is 8.78. The summed E-state index contributed by atoms with van der Waals surface area (Å²) in [5.74, 6) is -0.493. The van der Waals surface area contributed by atoms with E-state index >= 15 is 0 Å². The third-order valence-corrected chi connectivity index (χ3v) is 4.63. The SMILES string of the molecule is Cc1ccsc1CN(C)C(=O)CNC(=O)c1ccccc1Cl. The molecule has 1 N–H and O–H groups in total. The molecular formula is C16H17ClN2O2S. The maximum atomic E-state index is 12.1. The van der Waals surface area contributed by atoms with Gasteiger partial charge in [-0.15, -0.1) is 11.3 Å². The average Bonchev–Trinajstić information content (AvgIpc) is 2.90. The molecule has 22 heavy (non-hydrogen) atoms. The molecule has 0 fully saturated rings. The second-order valence-corrected chi connectivity index (χ2v) is 6.35. The Hall–Kier alpha value is -1.85. The second kappa shape index (κ2) is 7.42. The Morgan fingerprint density at radius 1 is 1.27 bits per heavy atom. The molecule has 4 nitrogen and oxygen atoms in total. The highest BCUT2D eigenvalue weighted by Gasteiger charge is 2.14. The molecule has 6 heteroatoms. The highest BCUT2D eigenvalue weighted by atomic mass is 35.5. The van der Waals surface area contributed by atoms with Crippen LogP contribution >= 0.6 is 22.9 Å². The van der Waals surface area contributed by atoms with E-state index in [4.69, 9.17) is 11.6 Å². The van der Waals surface area contributed by atoms with Crippen molar-refractivity contribution in [2.75, 3.05) is 13.6 Å². The molecule has 0 bridgehead atoms. The number of likely N-dealkylation sites (N-methyl/N-ethyl adjacent to an activating group) is 1. The van der Waals surface area contributed by atoms with Crippen molar-refractivity contribution in [3.05, 3.63) is 56.7 Å². The lowest BCUT2D eigenvalue weighted by atomic mass is 10.2. The zero-order valence-corrected chi connectivity index (χ0v) is 14.0. The molecule has 116 valence electrons. The van der Waals surface area contributed by atoms with Gasteiger partial charge in [-0.05, 0) is 36.1 Å². The Bertz CT molecular complexity index is 684. The van der Waals surface area contributed by atoms with E-state index in [1.165, 1.54) is 5.56 Å². The average molecular weight is 337 g/mol. The Morgan fingerprint density at radius 2 is 2.00 bits per heavy atom. The first-order valence-electron chi connectivity index (χ1n) is 6.78. The lowest BCUT2D eigenvalue weighted by Gasteiger charge is -2.17. The fourth-order valence-electron chi connectivity index (χ4n) is 1.90. The van der Waals surface area contributed by atoms with Crippen molar-refractivity contribution in [3.63, 3.8) is 0 Å². The monoisotopic (exact) mass is 336 g/mol.